The van der Waals surface area contributed by atoms with Crippen LogP contribution < -0.4 is 5.32 Å². The molecule has 1 heterocycles. The second-order valence-corrected chi connectivity index (χ2v) is 6.38. The number of nitrogens with one attached hydrogen (secondary N) is 1. The van der Waals surface area contributed by atoms with E-state index in [1.165, 1.54) is 0 Å². The third kappa shape index (κ3) is 3.97. The van der Waals surface area contributed by atoms with Crippen molar-refractivity contribution in [1.82, 2.24) is 9.97 Å². The normalized spacial score (nSPS) is 13.8. The number of carbonyl (C=O) groups excluding carboxylic acids is 1. The summed E-state index contributed by atoms with van der Waals surface area (Å²) in [4.78, 5) is 21.8. The van der Waals surface area contributed by atoms with Gasteiger partial charge in [-0.3, -0.25) is 4.79 Å². The maximum Gasteiger partial charge on any atom is 0.256 e. The minimum Gasteiger partial charge on any atom is -0.497 e. The predicted molar refractivity (Wildman–Crippen MR) is 107 cm³/mol. The molecule has 5 nitrogen and oxygen atoms in total. The Bertz CT molecular complexity index is 944. The molecule has 0 spiro atoms. The highest BCUT2D eigenvalue weighted by atomic mass is 16.5. The number of aromatic nitrogens is 2. The number of fused-ring (bicyclic) bond motifs is 1. The topological polar surface area (TPSA) is 64.1 Å². The number of hydrogen-bond acceptors (Lipinski definition) is 4. The van der Waals surface area contributed by atoms with Crippen molar-refractivity contribution in [2.24, 2.45) is 0 Å². The fraction of sp³-hybridized carbons (Fsp3) is 0.227. The fourth-order valence-electron chi connectivity index (χ4n) is 3.06. The van der Waals surface area contributed by atoms with E-state index in [0.717, 1.165) is 41.1 Å². The van der Waals surface area contributed by atoms with Gasteiger partial charge in [-0.1, -0.05) is 24.8 Å². The van der Waals surface area contributed by atoms with E-state index in [2.05, 4.69) is 16.9 Å². The van der Waals surface area contributed by atoms with Gasteiger partial charge < -0.3 is 10.1 Å². The second kappa shape index (κ2) is 7.99. The van der Waals surface area contributed by atoms with E-state index in [-0.39, 0.29) is 5.91 Å². The van der Waals surface area contributed by atoms with Crippen molar-refractivity contribution in [3.8, 4) is 0 Å². The van der Waals surface area contributed by atoms with E-state index >= 15 is 0 Å². The van der Waals surface area contributed by atoms with Gasteiger partial charge in [-0.15, -0.1) is 0 Å². The molecule has 1 aromatic carbocycles. The van der Waals surface area contributed by atoms with Crippen LogP contribution in [0.25, 0.3) is 5.57 Å². The number of allylic oxidation sites excluding steroid dienone is 4. The molecular weight excluding hydrogens is 338 g/mol. The van der Waals surface area contributed by atoms with Gasteiger partial charge in [0.25, 0.3) is 5.91 Å². The Hall–Kier alpha value is -3.21. The number of methoxy groups -OCH3 is 1. The summed E-state index contributed by atoms with van der Waals surface area (Å²) < 4.78 is 5.29. The molecule has 0 atom stereocenters. The van der Waals surface area contributed by atoms with Gasteiger partial charge in [0.1, 0.15) is 5.76 Å². The Labute approximate surface area is 159 Å². The number of ether oxygens (including phenoxy) is 1. The molecule has 0 fully saturated rings. The molecule has 5 heteroatoms. The average Bonchev–Trinajstić information content (AvgIpc) is 2.69. The van der Waals surface area contributed by atoms with Gasteiger partial charge in [-0.25, -0.2) is 9.97 Å². The zero-order valence-corrected chi connectivity index (χ0v) is 15.9. The number of hydrogen-bond donors (Lipinski definition) is 1. The Balaban J connectivity index is 1.92. The molecule has 27 heavy (non-hydrogen) atoms. The van der Waals surface area contributed by atoms with Gasteiger partial charge >= 0.3 is 0 Å². The summed E-state index contributed by atoms with van der Waals surface area (Å²) in [6, 6.07) is 9.09. The molecule has 1 aliphatic carbocycles. The van der Waals surface area contributed by atoms with Crippen LogP contribution in [0.2, 0.25) is 0 Å². The number of nitrogens with zero attached hydrogens (tertiary/aromatic N) is 2. The first kappa shape index (κ1) is 18.6. The largest absolute Gasteiger partial charge is 0.497 e. The molecule has 0 bridgehead atoms. The first-order valence-corrected chi connectivity index (χ1v) is 8.85. The smallest absolute Gasteiger partial charge is 0.256 e. The van der Waals surface area contributed by atoms with Crippen LogP contribution in [0.5, 0.6) is 0 Å². The molecule has 3 rings (SSSR count). The zero-order chi connectivity index (χ0) is 19.4. The van der Waals surface area contributed by atoms with Gasteiger partial charge in [-0.2, -0.15) is 0 Å². The molecule has 1 aromatic heterocycles. The third-order valence-electron chi connectivity index (χ3n) is 4.63. The summed E-state index contributed by atoms with van der Waals surface area (Å²) in [6.07, 6.45) is 5.28. The van der Waals surface area contributed by atoms with Gasteiger partial charge in [0.15, 0.2) is 5.82 Å². The zero-order valence-electron chi connectivity index (χ0n) is 15.9. The summed E-state index contributed by atoms with van der Waals surface area (Å²) in [5, 5.41) is 2.88. The molecular formula is C22H23N3O2. The molecule has 0 saturated carbocycles. The third-order valence-corrected chi connectivity index (χ3v) is 4.63. The molecule has 0 saturated heterocycles. The van der Waals surface area contributed by atoms with Crippen molar-refractivity contribution in [3.05, 3.63) is 83.0 Å². The number of rotatable bonds is 5. The van der Waals surface area contributed by atoms with Crippen molar-refractivity contribution in [1.29, 1.82) is 0 Å². The minimum absolute atomic E-state index is 0.185. The predicted octanol–water partition coefficient (Wildman–Crippen LogP) is 4.47. The summed E-state index contributed by atoms with van der Waals surface area (Å²) >= 11 is 0. The van der Waals surface area contributed by atoms with E-state index in [4.69, 9.17) is 9.72 Å². The van der Waals surface area contributed by atoms with Crippen LogP contribution in [-0.2, 0) is 11.2 Å². The number of amides is 1. The van der Waals surface area contributed by atoms with Crippen molar-refractivity contribution < 1.29 is 9.53 Å². The maximum absolute atomic E-state index is 12.4. The molecule has 0 unspecified atom stereocenters. The van der Waals surface area contributed by atoms with E-state index < -0.39 is 0 Å². The highest BCUT2D eigenvalue weighted by molar-refractivity contribution is 6.04. The first-order valence-electron chi connectivity index (χ1n) is 8.85. The number of carbonyl (C=O) groups is 1. The standard InChI is InChI=1S/C22H23N3O2/c1-5-18(27-4)13-17-11-12-19-20(14(17)2)23-15(3)21(24-19)25-22(26)16-9-7-6-8-10-16/h5-10,13H,1,11-12H2,2-4H3,(H,24,25,26)/b18-13+. The monoisotopic (exact) mass is 361 g/mol. The van der Waals surface area contributed by atoms with Crippen molar-refractivity contribution in [2.75, 3.05) is 12.4 Å². The van der Waals surface area contributed by atoms with E-state index in [1.54, 1.807) is 25.3 Å². The Morgan fingerprint density at radius 2 is 1.93 bits per heavy atom. The van der Waals surface area contributed by atoms with Crippen molar-refractivity contribution >= 4 is 17.3 Å². The lowest BCUT2D eigenvalue weighted by Crippen LogP contribution is -2.17. The van der Waals surface area contributed by atoms with Gasteiger partial charge in [0.2, 0.25) is 0 Å². The molecule has 2 aromatic rings. The van der Waals surface area contributed by atoms with Crippen LogP contribution >= 0.6 is 0 Å². The number of aryl methyl sites for hydroxylation is 2. The van der Waals surface area contributed by atoms with Gasteiger partial charge in [0, 0.05) is 5.56 Å². The lowest BCUT2D eigenvalue weighted by molar-refractivity contribution is 0.102. The van der Waals surface area contributed by atoms with Gasteiger partial charge in [0.05, 0.1) is 24.2 Å². The molecule has 0 aliphatic heterocycles. The van der Waals surface area contributed by atoms with Crippen LogP contribution in [0.3, 0.4) is 0 Å². The second-order valence-electron chi connectivity index (χ2n) is 6.38. The lowest BCUT2D eigenvalue weighted by atomic mass is 9.92. The average molecular weight is 361 g/mol. The summed E-state index contributed by atoms with van der Waals surface area (Å²) in [6.45, 7) is 7.66. The van der Waals surface area contributed by atoms with Crippen molar-refractivity contribution in [3.63, 3.8) is 0 Å². The summed E-state index contributed by atoms with van der Waals surface area (Å²) in [5.74, 6) is 1.05. The maximum atomic E-state index is 12.4. The molecule has 0 radical (unpaired) electrons. The van der Waals surface area contributed by atoms with Crippen LogP contribution in [0.4, 0.5) is 5.82 Å². The minimum atomic E-state index is -0.185. The Morgan fingerprint density at radius 1 is 1.19 bits per heavy atom. The van der Waals surface area contributed by atoms with Crippen molar-refractivity contribution in [2.45, 2.75) is 26.7 Å². The van der Waals surface area contributed by atoms with Crippen LogP contribution in [-0.4, -0.2) is 23.0 Å². The molecule has 1 amide bonds. The molecule has 138 valence electrons. The number of anilines is 1. The number of benzene rings is 1. The van der Waals surface area contributed by atoms with E-state index in [0.29, 0.717) is 17.1 Å². The summed E-state index contributed by atoms with van der Waals surface area (Å²) in [5.41, 5.74) is 5.30. The Morgan fingerprint density at radius 3 is 2.59 bits per heavy atom. The van der Waals surface area contributed by atoms with E-state index in [9.17, 15) is 4.79 Å². The fourth-order valence-corrected chi connectivity index (χ4v) is 3.06. The highest BCUT2D eigenvalue weighted by Gasteiger charge is 2.21. The highest BCUT2D eigenvalue weighted by Crippen LogP contribution is 2.31. The molecule has 1 aliphatic rings. The summed E-state index contributed by atoms with van der Waals surface area (Å²) in [7, 11) is 1.63. The first-order chi connectivity index (χ1) is 13.0. The van der Waals surface area contributed by atoms with Crippen LogP contribution in [0.1, 0.15) is 40.8 Å². The lowest BCUT2D eigenvalue weighted by Gasteiger charge is -2.20. The van der Waals surface area contributed by atoms with Crippen LogP contribution in [0.15, 0.2) is 60.4 Å². The SMILES string of the molecule is C=C/C(=C\C1=C(C)c2nc(C)c(NC(=O)c3ccccc3)nc2CC1)OC. The Kier molecular flexibility index (Phi) is 5.50. The van der Waals surface area contributed by atoms with E-state index in [1.807, 2.05) is 38.1 Å². The molecule has 1 N–H and O–H groups in total. The van der Waals surface area contributed by atoms with Gasteiger partial charge in [-0.05, 0) is 62.1 Å². The van der Waals surface area contributed by atoms with Crippen LogP contribution in [0, 0.1) is 6.92 Å². The quantitative estimate of drug-likeness (QED) is 0.630.